The van der Waals surface area contributed by atoms with E-state index in [1.165, 1.54) is 270 Å². The van der Waals surface area contributed by atoms with E-state index in [0.717, 1.165) is 5.92 Å². The van der Waals surface area contributed by atoms with Crippen LogP contribution >= 0.6 is 0 Å². The lowest BCUT2D eigenvalue weighted by atomic mass is 10.0. The molecule has 0 unspecified atom stereocenters. The van der Waals surface area contributed by atoms with Crippen LogP contribution in [0.15, 0.2) is 0 Å². The van der Waals surface area contributed by atoms with Gasteiger partial charge in [-0.2, -0.15) is 0 Å². The predicted molar refractivity (Wildman–Crippen MR) is 214 cm³/mol. The topological polar surface area (TPSA) is 0 Å². The quantitative estimate of drug-likeness (QED) is 0.0579. The summed E-state index contributed by atoms with van der Waals surface area (Å²) >= 11 is 0. The second-order valence-corrected chi connectivity index (χ2v) is 16.3. The normalized spacial score (nSPS) is 11.7. The first-order valence-corrected chi connectivity index (χ1v) is 22.8. The van der Waals surface area contributed by atoms with Crippen molar-refractivity contribution in [2.75, 3.05) is 0 Å². The van der Waals surface area contributed by atoms with E-state index in [-0.39, 0.29) is 0 Å². The van der Waals surface area contributed by atoms with Gasteiger partial charge in [-0.05, 0) is 5.92 Å². The van der Waals surface area contributed by atoms with Gasteiger partial charge in [-0.25, -0.2) is 0 Å². The van der Waals surface area contributed by atoms with Crippen LogP contribution in [-0.4, -0.2) is 0 Å². The molecule has 0 fully saturated rings. The van der Waals surface area contributed by atoms with Gasteiger partial charge in [-0.3, -0.25) is 0 Å². The summed E-state index contributed by atoms with van der Waals surface area (Å²) in [6.45, 7) is 7.02. The molecule has 0 aromatic carbocycles. The Kier molecular flexibility index (Phi) is 43.0. The Morgan fingerprint density at radius 2 is 0.326 bits per heavy atom. The highest BCUT2D eigenvalue weighted by atomic mass is 14.0. The van der Waals surface area contributed by atoms with Crippen molar-refractivity contribution >= 4 is 0 Å². The van der Waals surface area contributed by atoms with E-state index in [1.54, 1.807) is 0 Å². The zero-order chi connectivity index (χ0) is 33.3. The largest absolute Gasteiger partial charge is 0.0654 e. The summed E-state index contributed by atoms with van der Waals surface area (Å²) in [6.07, 6.45) is 62.4. The van der Waals surface area contributed by atoms with Gasteiger partial charge in [0.15, 0.2) is 0 Å². The van der Waals surface area contributed by atoms with Gasteiger partial charge in [0, 0.05) is 0 Å². The maximum atomic E-state index is 2.35. The maximum absolute atomic E-state index is 2.35. The summed E-state index contributed by atoms with van der Waals surface area (Å²) in [5, 5.41) is 0. The first-order valence-electron chi connectivity index (χ1n) is 22.8. The van der Waals surface area contributed by atoms with Crippen LogP contribution < -0.4 is 0 Å². The number of rotatable bonds is 42. The minimum absolute atomic E-state index is 0.896. The molecule has 0 heteroatoms. The van der Waals surface area contributed by atoms with Gasteiger partial charge in [0.05, 0.1) is 0 Å². The summed E-state index contributed by atoms with van der Waals surface area (Å²) in [4.78, 5) is 0. The van der Waals surface area contributed by atoms with Crippen LogP contribution in [0.4, 0.5) is 0 Å². The lowest BCUT2D eigenvalue weighted by Gasteiger charge is -2.05. The van der Waals surface area contributed by atoms with Crippen LogP contribution in [0.5, 0.6) is 0 Å². The van der Waals surface area contributed by atoms with Crippen LogP contribution in [0.25, 0.3) is 0 Å². The Morgan fingerprint density at radius 1 is 0.196 bits per heavy atom. The molecule has 0 aliphatic carbocycles. The number of hydrogen-bond acceptors (Lipinski definition) is 0. The zero-order valence-corrected chi connectivity index (χ0v) is 33.3. The van der Waals surface area contributed by atoms with Gasteiger partial charge < -0.3 is 0 Å². The van der Waals surface area contributed by atoms with Crippen molar-refractivity contribution in [1.29, 1.82) is 0 Å². The van der Waals surface area contributed by atoms with E-state index in [9.17, 15) is 0 Å². The molecule has 0 nitrogen and oxygen atoms in total. The smallest absolute Gasteiger partial charge is 0.0471 e. The third-order valence-corrected chi connectivity index (χ3v) is 10.9. The summed E-state index contributed by atoms with van der Waals surface area (Å²) in [5.74, 6) is 0.896. The van der Waals surface area contributed by atoms with Crippen molar-refractivity contribution in [3.63, 3.8) is 0 Å². The molecule has 0 N–H and O–H groups in total. The number of hydrogen-bond donors (Lipinski definition) is 0. The molecule has 0 aliphatic rings. The van der Waals surface area contributed by atoms with E-state index < -0.39 is 0 Å². The third kappa shape index (κ3) is 44.0. The second-order valence-electron chi connectivity index (χ2n) is 16.3. The molecular formula is C46H94. The van der Waals surface area contributed by atoms with Crippen molar-refractivity contribution in [3.8, 4) is 0 Å². The van der Waals surface area contributed by atoms with Crippen molar-refractivity contribution in [3.05, 3.63) is 0 Å². The van der Waals surface area contributed by atoms with Gasteiger partial charge in [0.1, 0.15) is 0 Å². The molecule has 0 heterocycles. The molecule has 46 heavy (non-hydrogen) atoms. The molecule has 0 spiro atoms. The van der Waals surface area contributed by atoms with Gasteiger partial charge >= 0.3 is 0 Å². The van der Waals surface area contributed by atoms with Gasteiger partial charge in [0.2, 0.25) is 0 Å². The molecule has 0 saturated carbocycles. The summed E-state index contributed by atoms with van der Waals surface area (Å²) in [7, 11) is 0. The molecule has 0 amide bonds. The fourth-order valence-corrected chi connectivity index (χ4v) is 7.52. The number of unbranched alkanes of at least 4 members (excludes halogenated alkanes) is 40. The standard InChI is InChI=1S/C46H94/c1-4-5-6-7-8-9-10-11-12-13-14-15-16-17-18-19-20-21-22-23-24-25-26-27-28-29-30-31-32-33-34-35-36-37-38-39-40-41-42-43-44-45-46(2)3/h46H,4-45H2,1-3H3. The molecule has 0 bridgehead atoms. The Morgan fingerprint density at radius 3 is 0.457 bits per heavy atom. The van der Waals surface area contributed by atoms with Crippen LogP contribution in [-0.2, 0) is 0 Å². The average Bonchev–Trinajstić information content (AvgIpc) is 3.05. The van der Waals surface area contributed by atoms with Crippen LogP contribution in [0.2, 0.25) is 0 Å². The molecule has 0 aliphatic heterocycles. The van der Waals surface area contributed by atoms with E-state index in [4.69, 9.17) is 0 Å². The molecule has 0 radical (unpaired) electrons. The SMILES string of the molecule is CCCCCCCCCCCCCCCCCCCCCCCCCCCCCCCCCCCCCCCCCCCC(C)C. The molecular weight excluding hydrogens is 553 g/mol. The summed E-state index contributed by atoms with van der Waals surface area (Å²) in [6, 6.07) is 0. The molecule has 0 aromatic heterocycles. The van der Waals surface area contributed by atoms with E-state index in [2.05, 4.69) is 20.8 Å². The monoisotopic (exact) mass is 647 g/mol. The van der Waals surface area contributed by atoms with E-state index in [0.29, 0.717) is 0 Å². The van der Waals surface area contributed by atoms with Crippen LogP contribution in [0.1, 0.15) is 290 Å². The Labute approximate surface area is 295 Å². The Bertz CT molecular complexity index is 492. The minimum Gasteiger partial charge on any atom is -0.0654 e. The molecule has 0 rings (SSSR count). The predicted octanol–water partition coefficient (Wildman–Crippen LogP) is 18.0. The van der Waals surface area contributed by atoms with Crippen LogP contribution in [0.3, 0.4) is 0 Å². The highest BCUT2D eigenvalue weighted by Gasteiger charge is 1.98. The summed E-state index contributed by atoms with van der Waals surface area (Å²) < 4.78 is 0. The average molecular weight is 647 g/mol. The first kappa shape index (κ1) is 46.0. The van der Waals surface area contributed by atoms with Gasteiger partial charge in [-0.15, -0.1) is 0 Å². The first-order chi connectivity index (χ1) is 22.8. The molecule has 0 atom stereocenters. The Hall–Kier alpha value is 0. The fourth-order valence-electron chi connectivity index (χ4n) is 7.52. The minimum atomic E-state index is 0.896. The Balaban J connectivity index is 3.04. The lowest BCUT2D eigenvalue weighted by molar-refractivity contribution is 0.500. The van der Waals surface area contributed by atoms with Crippen molar-refractivity contribution < 1.29 is 0 Å². The molecule has 0 aromatic rings. The highest BCUT2D eigenvalue weighted by Crippen LogP contribution is 2.18. The van der Waals surface area contributed by atoms with E-state index in [1.807, 2.05) is 0 Å². The zero-order valence-electron chi connectivity index (χ0n) is 33.3. The highest BCUT2D eigenvalue weighted by molar-refractivity contribution is 4.54. The maximum Gasteiger partial charge on any atom is -0.0471 e. The lowest BCUT2D eigenvalue weighted by Crippen LogP contribution is -1.87. The second kappa shape index (κ2) is 43.0. The summed E-state index contributed by atoms with van der Waals surface area (Å²) in [5.41, 5.74) is 0. The fraction of sp³-hybridized carbons (Fsp3) is 1.00. The van der Waals surface area contributed by atoms with Gasteiger partial charge in [0.25, 0.3) is 0 Å². The van der Waals surface area contributed by atoms with Crippen molar-refractivity contribution in [2.45, 2.75) is 290 Å². The van der Waals surface area contributed by atoms with Crippen molar-refractivity contribution in [1.82, 2.24) is 0 Å². The molecule has 278 valence electrons. The molecule has 0 saturated heterocycles. The van der Waals surface area contributed by atoms with E-state index >= 15 is 0 Å². The van der Waals surface area contributed by atoms with Crippen LogP contribution in [0, 0.1) is 5.92 Å². The van der Waals surface area contributed by atoms with Crippen molar-refractivity contribution in [2.24, 2.45) is 5.92 Å². The van der Waals surface area contributed by atoms with Gasteiger partial charge in [-0.1, -0.05) is 290 Å². The third-order valence-electron chi connectivity index (χ3n) is 10.9.